The third-order valence-corrected chi connectivity index (χ3v) is 2.65. The molecule has 112 valence electrons. The van der Waals surface area contributed by atoms with Crippen LogP contribution in [0.3, 0.4) is 0 Å². The van der Waals surface area contributed by atoms with E-state index in [-0.39, 0.29) is 11.1 Å². The average molecular weight is 288 g/mol. The molecule has 0 spiro atoms. The van der Waals surface area contributed by atoms with E-state index in [0.29, 0.717) is 18.1 Å². The fourth-order valence-electron chi connectivity index (χ4n) is 1.74. The van der Waals surface area contributed by atoms with E-state index in [1.54, 1.807) is 19.9 Å². The van der Waals surface area contributed by atoms with Gasteiger partial charge in [0, 0.05) is 0 Å². The molecule has 0 radical (unpaired) electrons. The standard InChI is InChI=1S/C13H13F3O2.C2H6/c1-3-8(4-2)10-6-5-9(12(17)18)7-11(10)13(14,15)16;1-2/h3,5-7H,4H2,1-2H3,(H,17,18);1-2H3/b8-3+;. The summed E-state index contributed by atoms with van der Waals surface area (Å²) in [5, 5.41) is 8.74. The highest BCUT2D eigenvalue weighted by atomic mass is 19.4. The number of benzene rings is 1. The quantitative estimate of drug-likeness (QED) is 0.825. The fourth-order valence-corrected chi connectivity index (χ4v) is 1.74. The zero-order valence-electron chi connectivity index (χ0n) is 12.0. The number of carboxylic acids is 1. The summed E-state index contributed by atoms with van der Waals surface area (Å²) in [7, 11) is 0. The van der Waals surface area contributed by atoms with Gasteiger partial charge in [-0.1, -0.05) is 32.9 Å². The summed E-state index contributed by atoms with van der Waals surface area (Å²) in [5.41, 5.74) is -0.688. The molecule has 0 fully saturated rings. The number of rotatable bonds is 3. The second kappa shape index (κ2) is 7.72. The molecule has 0 saturated heterocycles. The smallest absolute Gasteiger partial charge is 0.417 e. The van der Waals surface area contributed by atoms with Gasteiger partial charge in [-0.25, -0.2) is 4.79 Å². The topological polar surface area (TPSA) is 37.3 Å². The molecule has 0 unspecified atom stereocenters. The van der Waals surface area contributed by atoms with Crippen LogP contribution in [0.15, 0.2) is 24.3 Å². The minimum Gasteiger partial charge on any atom is -0.478 e. The Kier molecular flexibility index (Phi) is 7.04. The molecular weight excluding hydrogens is 269 g/mol. The molecule has 0 amide bonds. The Morgan fingerprint density at radius 3 is 2.20 bits per heavy atom. The molecule has 0 aromatic heterocycles. The van der Waals surface area contributed by atoms with Crippen molar-refractivity contribution in [2.45, 2.75) is 40.3 Å². The van der Waals surface area contributed by atoms with Crippen LogP contribution in [0.4, 0.5) is 13.2 Å². The van der Waals surface area contributed by atoms with Gasteiger partial charge >= 0.3 is 12.1 Å². The molecule has 0 aliphatic heterocycles. The molecule has 1 aromatic carbocycles. The molecule has 0 heterocycles. The highest BCUT2D eigenvalue weighted by Gasteiger charge is 2.34. The van der Waals surface area contributed by atoms with Crippen LogP contribution in [-0.2, 0) is 6.18 Å². The van der Waals surface area contributed by atoms with E-state index < -0.39 is 17.7 Å². The van der Waals surface area contributed by atoms with E-state index in [4.69, 9.17) is 5.11 Å². The van der Waals surface area contributed by atoms with Crippen molar-refractivity contribution in [3.05, 3.63) is 41.0 Å². The minimum atomic E-state index is -4.57. The molecule has 2 nitrogen and oxygen atoms in total. The summed E-state index contributed by atoms with van der Waals surface area (Å²) < 4.78 is 38.7. The number of carbonyl (C=O) groups is 1. The monoisotopic (exact) mass is 288 g/mol. The van der Waals surface area contributed by atoms with Crippen molar-refractivity contribution in [2.24, 2.45) is 0 Å². The lowest BCUT2D eigenvalue weighted by molar-refractivity contribution is -0.137. The summed E-state index contributed by atoms with van der Waals surface area (Å²) in [6, 6.07) is 3.08. The number of halogens is 3. The lowest BCUT2D eigenvalue weighted by Gasteiger charge is -2.15. The lowest BCUT2D eigenvalue weighted by Crippen LogP contribution is -2.11. The molecular formula is C15H19F3O2. The average Bonchev–Trinajstić information content (AvgIpc) is 2.41. The molecule has 20 heavy (non-hydrogen) atoms. The van der Waals surface area contributed by atoms with Crippen LogP contribution in [0.2, 0.25) is 0 Å². The first-order valence-corrected chi connectivity index (χ1v) is 6.41. The summed E-state index contributed by atoms with van der Waals surface area (Å²) >= 11 is 0. The van der Waals surface area contributed by atoms with Crippen LogP contribution in [-0.4, -0.2) is 11.1 Å². The Labute approximate surface area is 116 Å². The second-order valence-corrected chi connectivity index (χ2v) is 3.73. The first-order chi connectivity index (χ1) is 9.31. The van der Waals surface area contributed by atoms with Gasteiger partial charge in [-0.05, 0) is 36.6 Å². The van der Waals surface area contributed by atoms with Gasteiger partial charge in [0.1, 0.15) is 0 Å². The summed E-state index contributed by atoms with van der Waals surface area (Å²) in [4.78, 5) is 10.7. The molecule has 0 aliphatic carbocycles. The van der Waals surface area contributed by atoms with Gasteiger partial charge < -0.3 is 5.11 Å². The fraction of sp³-hybridized carbons (Fsp3) is 0.400. The third kappa shape index (κ3) is 4.40. The van der Waals surface area contributed by atoms with E-state index in [0.717, 1.165) is 0 Å². The van der Waals surface area contributed by atoms with E-state index in [1.165, 1.54) is 12.1 Å². The predicted molar refractivity (Wildman–Crippen MR) is 73.7 cm³/mol. The van der Waals surface area contributed by atoms with Gasteiger partial charge in [-0.2, -0.15) is 13.2 Å². The highest BCUT2D eigenvalue weighted by molar-refractivity contribution is 5.88. The van der Waals surface area contributed by atoms with Crippen LogP contribution < -0.4 is 0 Å². The number of hydrogen-bond donors (Lipinski definition) is 1. The maximum atomic E-state index is 12.9. The molecule has 0 aliphatic rings. The molecule has 1 N–H and O–H groups in total. The normalized spacial score (nSPS) is 11.7. The number of hydrogen-bond acceptors (Lipinski definition) is 1. The number of alkyl halides is 3. The van der Waals surface area contributed by atoms with E-state index in [2.05, 4.69) is 0 Å². The predicted octanol–water partition coefficient (Wildman–Crippen LogP) is 5.24. The van der Waals surface area contributed by atoms with Crippen LogP contribution in [0, 0.1) is 0 Å². The van der Waals surface area contributed by atoms with Gasteiger partial charge in [0.05, 0.1) is 11.1 Å². The molecule has 0 bridgehead atoms. The maximum absolute atomic E-state index is 12.9. The second-order valence-electron chi connectivity index (χ2n) is 3.73. The van der Waals surface area contributed by atoms with Crippen LogP contribution in [0.1, 0.15) is 55.6 Å². The Morgan fingerprint density at radius 2 is 1.85 bits per heavy atom. The Morgan fingerprint density at radius 1 is 1.30 bits per heavy atom. The van der Waals surface area contributed by atoms with Gasteiger partial charge in [-0.15, -0.1) is 0 Å². The van der Waals surface area contributed by atoms with Crippen molar-refractivity contribution in [1.82, 2.24) is 0 Å². The molecule has 1 rings (SSSR count). The van der Waals surface area contributed by atoms with Gasteiger partial charge in [0.25, 0.3) is 0 Å². The number of allylic oxidation sites excluding steroid dienone is 2. The SMILES string of the molecule is C/C=C(\CC)c1ccc(C(=O)O)cc1C(F)(F)F.CC. The van der Waals surface area contributed by atoms with Crippen LogP contribution in [0.5, 0.6) is 0 Å². The Balaban J connectivity index is 0.00000172. The van der Waals surface area contributed by atoms with E-state index in [1.807, 2.05) is 13.8 Å². The zero-order valence-corrected chi connectivity index (χ0v) is 12.0. The third-order valence-electron chi connectivity index (χ3n) is 2.65. The molecule has 0 atom stereocenters. The summed E-state index contributed by atoms with van der Waals surface area (Å²) in [5.74, 6) is -1.37. The van der Waals surface area contributed by atoms with Gasteiger partial charge in [0.2, 0.25) is 0 Å². The summed E-state index contributed by atoms with van der Waals surface area (Å²) in [6.07, 6.45) is -2.51. The van der Waals surface area contributed by atoms with Crippen molar-refractivity contribution < 1.29 is 23.1 Å². The van der Waals surface area contributed by atoms with Crippen LogP contribution in [0.25, 0.3) is 5.57 Å². The lowest BCUT2D eigenvalue weighted by atomic mass is 9.95. The van der Waals surface area contributed by atoms with Crippen LogP contribution >= 0.6 is 0 Å². The van der Waals surface area contributed by atoms with Crippen molar-refractivity contribution in [1.29, 1.82) is 0 Å². The van der Waals surface area contributed by atoms with Crippen molar-refractivity contribution in [3.63, 3.8) is 0 Å². The Hall–Kier alpha value is -1.78. The Bertz CT molecular complexity index is 488. The largest absolute Gasteiger partial charge is 0.478 e. The van der Waals surface area contributed by atoms with Crippen molar-refractivity contribution >= 4 is 11.5 Å². The zero-order chi connectivity index (χ0) is 15.9. The van der Waals surface area contributed by atoms with Crippen molar-refractivity contribution in [3.8, 4) is 0 Å². The van der Waals surface area contributed by atoms with Gasteiger partial charge in [-0.3, -0.25) is 0 Å². The minimum absolute atomic E-state index is 0.0394. The van der Waals surface area contributed by atoms with E-state index in [9.17, 15) is 18.0 Å². The van der Waals surface area contributed by atoms with Gasteiger partial charge in [0.15, 0.2) is 0 Å². The molecule has 5 heteroatoms. The first kappa shape index (κ1) is 18.2. The van der Waals surface area contributed by atoms with Crippen molar-refractivity contribution in [2.75, 3.05) is 0 Å². The highest BCUT2D eigenvalue weighted by Crippen LogP contribution is 2.36. The first-order valence-electron chi connectivity index (χ1n) is 6.41. The molecule has 0 saturated carbocycles. The summed E-state index contributed by atoms with van der Waals surface area (Å²) in [6.45, 7) is 7.41. The van der Waals surface area contributed by atoms with E-state index >= 15 is 0 Å². The maximum Gasteiger partial charge on any atom is 0.417 e. The number of aromatic carboxylic acids is 1. The number of carboxylic acid groups (broad SMARTS) is 1. The molecule has 1 aromatic rings.